The van der Waals surface area contributed by atoms with Crippen LogP contribution in [0.25, 0.3) is 21.8 Å². The lowest BCUT2D eigenvalue weighted by atomic mass is 9.67. The zero-order chi connectivity index (χ0) is 31.9. The number of fused-ring (bicyclic) bond motifs is 3. The summed E-state index contributed by atoms with van der Waals surface area (Å²) in [4.78, 5) is 2.99. The normalized spacial score (nSPS) is 26.7. The minimum Gasteiger partial charge on any atom is -0.307 e. The third kappa shape index (κ3) is 5.78. The number of hydrogen-bond donors (Lipinski definition) is 1. The molecule has 1 aliphatic carbocycles. The monoisotopic (exact) mass is 586 g/mol. The van der Waals surface area contributed by atoms with Gasteiger partial charge in [0.15, 0.2) is 0 Å². The number of likely N-dealkylation sites (tertiary alicyclic amines) is 1. The predicted octanol–water partition coefficient (Wildman–Crippen LogP) is 10.9. The summed E-state index contributed by atoms with van der Waals surface area (Å²) in [5.41, 5.74) is 10.1. The Morgan fingerprint density at radius 3 is 1.56 bits per heavy atom. The van der Waals surface area contributed by atoms with E-state index in [-0.39, 0.29) is 27.9 Å². The molecule has 1 saturated carbocycles. The van der Waals surface area contributed by atoms with Gasteiger partial charge in [-0.15, -0.1) is 0 Å². The summed E-state index contributed by atoms with van der Waals surface area (Å²) < 4.78 is 2.47. The molecule has 1 saturated heterocycles. The number of rotatable bonds is 5. The molecule has 1 aliphatic heterocycles. The van der Waals surface area contributed by atoms with Crippen molar-refractivity contribution in [2.75, 3.05) is 5.43 Å². The lowest BCUT2D eigenvalue weighted by molar-refractivity contribution is -0.0418. The maximum atomic E-state index is 4.28. The van der Waals surface area contributed by atoms with Crippen LogP contribution < -0.4 is 5.43 Å². The maximum absolute atomic E-state index is 4.28. The molecule has 1 N–H and O–H groups in total. The van der Waals surface area contributed by atoms with Crippen molar-refractivity contribution < 1.29 is 0 Å². The van der Waals surface area contributed by atoms with E-state index < -0.39 is 0 Å². The topological polar surface area (TPSA) is 20.2 Å². The first-order valence-electron chi connectivity index (χ1n) is 17.4. The fraction of sp³-hybridized carbons (Fsp3) is 0.700. The first-order valence-corrected chi connectivity index (χ1v) is 17.4. The van der Waals surface area contributed by atoms with Gasteiger partial charge in [-0.2, -0.15) is 0 Å². The van der Waals surface area contributed by atoms with Crippen molar-refractivity contribution in [2.24, 2.45) is 29.1 Å². The summed E-state index contributed by atoms with van der Waals surface area (Å²) in [5.74, 6) is 2.82. The third-order valence-corrected chi connectivity index (χ3v) is 11.3. The summed E-state index contributed by atoms with van der Waals surface area (Å²) in [6.07, 6.45) is 5.49. The van der Waals surface area contributed by atoms with Gasteiger partial charge in [-0.05, 0) is 103 Å². The van der Waals surface area contributed by atoms with Crippen molar-refractivity contribution in [2.45, 2.75) is 151 Å². The molecule has 5 rings (SSSR count). The maximum Gasteiger partial charge on any atom is 0.100 e. The lowest BCUT2D eigenvalue weighted by Crippen LogP contribution is -2.61. The zero-order valence-corrected chi connectivity index (χ0v) is 30.2. The minimum absolute atomic E-state index is 0.102. The Kier molecular flexibility index (Phi) is 8.15. The van der Waals surface area contributed by atoms with Crippen molar-refractivity contribution in [3.8, 4) is 0 Å². The van der Waals surface area contributed by atoms with Crippen molar-refractivity contribution in [3.63, 3.8) is 0 Å². The number of aromatic nitrogens is 1. The molecule has 2 aliphatic rings. The molecule has 1 aromatic heterocycles. The van der Waals surface area contributed by atoms with Crippen molar-refractivity contribution >= 4 is 21.8 Å². The average Bonchev–Trinajstić information content (AvgIpc) is 3.28. The van der Waals surface area contributed by atoms with E-state index in [1.807, 2.05) is 0 Å². The summed E-state index contributed by atoms with van der Waals surface area (Å²) in [5, 5.41) is 2.72. The van der Waals surface area contributed by atoms with Crippen LogP contribution in [0.3, 0.4) is 0 Å². The second-order valence-corrected chi connectivity index (χ2v) is 18.5. The number of nitrogens with zero attached hydrogens (tertiary/aromatic N) is 2. The highest BCUT2D eigenvalue weighted by atomic mass is 15.5. The van der Waals surface area contributed by atoms with Crippen LogP contribution in [-0.2, 0) is 10.8 Å². The van der Waals surface area contributed by atoms with Gasteiger partial charge in [0.2, 0.25) is 0 Å². The van der Waals surface area contributed by atoms with Crippen molar-refractivity contribution in [3.05, 3.63) is 47.5 Å². The van der Waals surface area contributed by atoms with E-state index in [9.17, 15) is 0 Å². The molecule has 3 nitrogen and oxygen atoms in total. The molecule has 0 bridgehead atoms. The molecule has 0 spiro atoms. The molecule has 238 valence electrons. The van der Waals surface area contributed by atoms with Gasteiger partial charge >= 0.3 is 0 Å². The molecule has 3 atom stereocenters. The number of benzene rings is 2. The Bertz CT molecular complexity index is 1370. The highest BCUT2D eigenvalue weighted by Crippen LogP contribution is 2.53. The minimum atomic E-state index is 0.102. The Labute approximate surface area is 264 Å². The summed E-state index contributed by atoms with van der Waals surface area (Å²) in [7, 11) is 0. The third-order valence-electron chi connectivity index (χ3n) is 11.3. The molecule has 2 fully saturated rings. The first-order chi connectivity index (χ1) is 19.7. The molecule has 3 unspecified atom stereocenters. The van der Waals surface area contributed by atoms with E-state index in [1.165, 1.54) is 58.6 Å². The quantitative estimate of drug-likeness (QED) is 0.321. The van der Waals surface area contributed by atoms with Gasteiger partial charge in [-0.3, -0.25) is 9.58 Å². The molecule has 3 heteroatoms. The van der Waals surface area contributed by atoms with Crippen LogP contribution in [0.15, 0.2) is 36.4 Å². The second-order valence-electron chi connectivity index (χ2n) is 18.5. The van der Waals surface area contributed by atoms with Crippen LogP contribution in [0.4, 0.5) is 0 Å². The van der Waals surface area contributed by atoms with E-state index in [1.54, 1.807) is 0 Å². The zero-order valence-electron chi connectivity index (χ0n) is 30.2. The Hall–Kier alpha value is -2.00. The Balaban J connectivity index is 1.71. The van der Waals surface area contributed by atoms with Crippen LogP contribution >= 0.6 is 0 Å². The van der Waals surface area contributed by atoms with Crippen molar-refractivity contribution in [1.29, 1.82) is 0 Å². The lowest BCUT2D eigenvalue weighted by Gasteiger charge is -2.53. The first kappa shape index (κ1) is 32.4. The van der Waals surface area contributed by atoms with Gasteiger partial charge in [0.05, 0.1) is 11.0 Å². The highest BCUT2D eigenvalue weighted by Gasteiger charge is 2.57. The molecule has 43 heavy (non-hydrogen) atoms. The van der Waals surface area contributed by atoms with Crippen molar-refractivity contribution in [1.82, 2.24) is 9.58 Å². The van der Waals surface area contributed by atoms with Crippen LogP contribution in [-0.4, -0.2) is 27.3 Å². The fourth-order valence-electron chi connectivity index (χ4n) is 9.18. The van der Waals surface area contributed by atoms with E-state index in [2.05, 4.69) is 148 Å². The SMILES string of the molecule is CC(C)C1CCCC(C(C)C)C1N1C(Nn2c3ccc(C(C)(C)C)cc3c3cc(C(C)(C)C)ccc32)C(C)(C)CC1(C)C. The van der Waals surface area contributed by atoms with Gasteiger partial charge < -0.3 is 5.43 Å². The van der Waals surface area contributed by atoms with E-state index in [0.29, 0.717) is 17.9 Å². The molecule has 3 aromatic rings. The Morgan fingerprint density at radius 1 is 0.721 bits per heavy atom. The largest absolute Gasteiger partial charge is 0.307 e. The summed E-state index contributed by atoms with van der Waals surface area (Å²) in [6, 6.07) is 15.0. The van der Waals surface area contributed by atoms with Crippen LogP contribution in [0, 0.1) is 29.1 Å². The Morgan fingerprint density at radius 2 is 1.16 bits per heavy atom. The second kappa shape index (κ2) is 10.8. The molecule has 2 aromatic carbocycles. The van der Waals surface area contributed by atoms with Crippen LogP contribution in [0.2, 0.25) is 0 Å². The predicted molar refractivity (Wildman–Crippen MR) is 189 cm³/mol. The van der Waals surface area contributed by atoms with E-state index in [4.69, 9.17) is 0 Å². The average molecular weight is 586 g/mol. The fourth-order valence-corrected chi connectivity index (χ4v) is 9.18. The van der Waals surface area contributed by atoms with Gasteiger partial charge in [0, 0.05) is 27.8 Å². The molecule has 2 heterocycles. The van der Waals surface area contributed by atoms with Gasteiger partial charge in [0.25, 0.3) is 0 Å². The summed E-state index contributed by atoms with van der Waals surface area (Å²) >= 11 is 0. The highest BCUT2D eigenvalue weighted by molar-refractivity contribution is 6.09. The van der Waals surface area contributed by atoms with E-state index >= 15 is 0 Å². The molecular weight excluding hydrogens is 522 g/mol. The molecule has 0 radical (unpaired) electrons. The van der Waals surface area contributed by atoms with Crippen LogP contribution in [0.1, 0.15) is 134 Å². The molecule has 0 amide bonds. The number of hydrogen-bond acceptors (Lipinski definition) is 2. The van der Waals surface area contributed by atoms with E-state index in [0.717, 1.165) is 11.8 Å². The smallest absolute Gasteiger partial charge is 0.100 e. The van der Waals surface area contributed by atoms with Crippen LogP contribution in [0.5, 0.6) is 0 Å². The summed E-state index contributed by atoms with van der Waals surface area (Å²) in [6.45, 7) is 33.9. The van der Waals surface area contributed by atoms with Gasteiger partial charge in [-0.1, -0.05) is 102 Å². The standard InChI is InChI=1S/C40H63N3/c1-25(2)29-16-15-17-30(26(3)4)35(29)42-36(39(11,12)24-40(42,13)14)41-43-33-20-18-27(37(5,6)7)22-31(33)32-23-28(38(8,9)10)19-21-34(32)43/h18-23,25-26,29-30,35-36,41H,15-17,24H2,1-14H3. The van der Waals surface area contributed by atoms with Gasteiger partial charge in [-0.25, -0.2) is 0 Å². The van der Waals surface area contributed by atoms with Gasteiger partial charge in [0.1, 0.15) is 6.17 Å². The number of nitrogens with one attached hydrogen (secondary N) is 1. The molecular formula is C40H63N3.